The van der Waals surface area contributed by atoms with Crippen LogP contribution in [0, 0.1) is 22.0 Å². The Hall–Kier alpha value is -5.12. The van der Waals surface area contributed by atoms with Crippen molar-refractivity contribution in [2.24, 2.45) is 17.6 Å². The summed E-state index contributed by atoms with van der Waals surface area (Å²) in [7, 11) is 3.06. The Morgan fingerprint density at radius 2 is 1.93 bits per heavy atom. The van der Waals surface area contributed by atoms with E-state index in [9.17, 15) is 44.9 Å². The van der Waals surface area contributed by atoms with Gasteiger partial charge in [0.2, 0.25) is 5.78 Å². The number of amides is 1. The topological polar surface area (TPSA) is 229 Å². The fourth-order valence-corrected chi connectivity index (χ4v) is 7.45. The summed E-state index contributed by atoms with van der Waals surface area (Å²) in [5, 5.41) is 61.4. The highest BCUT2D eigenvalue weighted by molar-refractivity contribution is 7.14. The number of benzene rings is 2. The number of fused-ring (bicyclic) bond motifs is 3. The van der Waals surface area contributed by atoms with Crippen molar-refractivity contribution in [1.29, 1.82) is 0 Å². The smallest absolute Gasteiger partial charge is 0.270 e. The first kappa shape index (κ1) is 29.9. The summed E-state index contributed by atoms with van der Waals surface area (Å²) in [6.45, 7) is 0. The Bertz CT molecular complexity index is 1900. The fraction of sp³-hybridized carbons (Fsp3) is 0.267. The third kappa shape index (κ3) is 4.46. The van der Waals surface area contributed by atoms with E-state index in [0.29, 0.717) is 27.6 Å². The van der Waals surface area contributed by atoms with Gasteiger partial charge in [-0.25, -0.2) is 4.98 Å². The lowest BCUT2D eigenvalue weighted by molar-refractivity contribution is -0.384. The zero-order chi connectivity index (χ0) is 32.5. The number of non-ortho nitro benzene ring substituents is 1. The molecule has 0 saturated heterocycles. The summed E-state index contributed by atoms with van der Waals surface area (Å²) in [6, 6.07) is 7.72. The lowest BCUT2D eigenvalue weighted by atomic mass is 9.57. The molecule has 0 aliphatic heterocycles. The number of aliphatic hydroxyl groups is 3. The van der Waals surface area contributed by atoms with Crippen molar-refractivity contribution in [2.75, 3.05) is 19.4 Å². The maximum atomic E-state index is 14.0. The minimum atomic E-state index is -2.72. The number of nitro groups is 1. The average Bonchev–Trinajstić information content (AvgIpc) is 3.45. The zero-order valence-corrected chi connectivity index (χ0v) is 24.7. The van der Waals surface area contributed by atoms with E-state index in [1.807, 2.05) is 0 Å². The van der Waals surface area contributed by atoms with E-state index in [2.05, 4.69) is 10.3 Å². The normalized spacial score (nSPS) is 24.3. The number of nitro benzene ring substituents is 1. The molecule has 4 atom stereocenters. The first-order valence-corrected chi connectivity index (χ1v) is 14.6. The number of ketones is 2. The number of likely N-dealkylation sites (N-methyl/N-ethyl adjacent to an activating group) is 1. The average molecular weight is 634 g/mol. The van der Waals surface area contributed by atoms with Gasteiger partial charge in [0, 0.05) is 40.3 Å². The number of Topliss-reactive ketones (excluding diaryl/α,β-unsaturated/α-hetero) is 2. The van der Waals surface area contributed by atoms with Crippen LogP contribution in [0.2, 0.25) is 0 Å². The second-order valence-corrected chi connectivity index (χ2v) is 12.3. The van der Waals surface area contributed by atoms with Gasteiger partial charge < -0.3 is 31.5 Å². The number of hydrogen-bond donors (Lipinski definition) is 6. The number of thiazole rings is 1. The third-order valence-electron chi connectivity index (χ3n) is 8.70. The number of primary amides is 1. The number of nitrogens with two attached hydrogens (primary N) is 1. The Balaban J connectivity index is 1.42. The Morgan fingerprint density at radius 3 is 2.60 bits per heavy atom. The second-order valence-electron chi connectivity index (χ2n) is 11.4. The number of phenolic OH excluding ortho intramolecular Hbond substituents is 1. The third-order valence-corrected chi connectivity index (χ3v) is 9.46. The van der Waals surface area contributed by atoms with Gasteiger partial charge in [0.1, 0.15) is 22.8 Å². The number of aromatic nitrogens is 1. The van der Waals surface area contributed by atoms with E-state index in [4.69, 9.17) is 5.73 Å². The quantitative estimate of drug-likeness (QED) is 0.0996. The van der Waals surface area contributed by atoms with Crippen molar-refractivity contribution in [3.8, 4) is 17.0 Å². The van der Waals surface area contributed by atoms with Gasteiger partial charge in [0.05, 0.1) is 22.2 Å². The molecular weight excluding hydrogens is 606 g/mol. The molecule has 1 heterocycles. The first-order valence-electron chi connectivity index (χ1n) is 13.7. The molecule has 3 aliphatic rings. The molecule has 14 nitrogen and oxygen atoms in total. The number of nitrogens with one attached hydrogen (secondary N) is 1. The molecule has 15 heteroatoms. The minimum Gasteiger partial charge on any atom is -0.508 e. The number of hydrogen-bond acceptors (Lipinski definition) is 13. The molecule has 0 spiro atoms. The number of aliphatic hydroxyl groups excluding tert-OH is 2. The van der Waals surface area contributed by atoms with Gasteiger partial charge in [-0.15, -0.1) is 11.3 Å². The standard InChI is InChI=1S/C30H27N5O9S/c1-34(2)23-16-10-13-9-15-17(32-29-33-18(11-45-29)12-4-3-5-14(8-12)35(43)44)6-7-19(36)21(15)24(37)20(13)26(39)30(16,42)27(40)22(25(23)38)28(31)41/h3-8,11,13,16,23,36-37,40,42H,9-10H2,1-2H3,(H2,31,41)(H,32,33)/t13-,16-,23-,30-/m1/s1. The van der Waals surface area contributed by atoms with Crippen molar-refractivity contribution in [3.63, 3.8) is 0 Å². The summed E-state index contributed by atoms with van der Waals surface area (Å²) < 4.78 is 0. The molecule has 0 bridgehead atoms. The monoisotopic (exact) mass is 633 g/mol. The number of carbonyl (C=O) groups is 3. The molecule has 0 unspecified atom stereocenters. The fourth-order valence-electron chi connectivity index (χ4n) is 6.72. The van der Waals surface area contributed by atoms with Crippen LogP contribution in [0.15, 0.2) is 58.7 Å². The van der Waals surface area contributed by atoms with Crippen LogP contribution in [0.25, 0.3) is 17.0 Å². The van der Waals surface area contributed by atoms with E-state index in [0.717, 1.165) is 0 Å². The van der Waals surface area contributed by atoms with Crippen LogP contribution in [-0.4, -0.2) is 78.4 Å². The summed E-state index contributed by atoms with van der Waals surface area (Å²) in [5.74, 6) is -7.27. The first-order chi connectivity index (χ1) is 21.2. The number of aromatic hydroxyl groups is 1. The van der Waals surface area contributed by atoms with E-state index in [1.165, 1.54) is 48.5 Å². The number of phenols is 1. The Morgan fingerprint density at radius 1 is 1.20 bits per heavy atom. The molecule has 45 heavy (non-hydrogen) atoms. The van der Waals surface area contributed by atoms with Crippen molar-refractivity contribution >= 4 is 51.1 Å². The largest absolute Gasteiger partial charge is 0.508 e. The molecule has 1 amide bonds. The minimum absolute atomic E-state index is 0.0466. The van der Waals surface area contributed by atoms with Crippen molar-refractivity contribution in [1.82, 2.24) is 9.88 Å². The predicted octanol–water partition coefficient (Wildman–Crippen LogP) is 2.74. The van der Waals surface area contributed by atoms with Gasteiger partial charge in [-0.2, -0.15) is 0 Å². The van der Waals surface area contributed by atoms with Crippen LogP contribution in [0.3, 0.4) is 0 Å². The molecule has 6 rings (SSSR count). The van der Waals surface area contributed by atoms with Crippen LogP contribution in [-0.2, 0) is 20.8 Å². The van der Waals surface area contributed by atoms with Gasteiger partial charge in [0.15, 0.2) is 16.5 Å². The molecule has 232 valence electrons. The SMILES string of the molecule is CN(C)[C@H]1C(=O)C(C(N)=O)=C(O)[C@]2(O)C(=O)C3=C(O)c4c(O)ccc(Nc5nc(-c6cccc([N+](=O)[O-])c6)cs5)c4C[C@@H]3C[C@H]12. The molecule has 1 fully saturated rings. The summed E-state index contributed by atoms with van der Waals surface area (Å²) in [4.78, 5) is 56.1. The van der Waals surface area contributed by atoms with Crippen molar-refractivity contribution in [3.05, 3.63) is 79.9 Å². The molecule has 1 aromatic heterocycles. The van der Waals surface area contributed by atoms with Crippen LogP contribution >= 0.6 is 11.3 Å². The van der Waals surface area contributed by atoms with E-state index < -0.39 is 63.0 Å². The van der Waals surface area contributed by atoms with Crippen LogP contribution in [0.4, 0.5) is 16.5 Å². The highest BCUT2D eigenvalue weighted by Gasteiger charge is 2.64. The number of rotatable bonds is 6. The molecule has 1 saturated carbocycles. The van der Waals surface area contributed by atoms with Crippen LogP contribution < -0.4 is 11.1 Å². The van der Waals surface area contributed by atoms with Gasteiger partial charge in [0.25, 0.3) is 11.6 Å². The molecule has 7 N–H and O–H groups in total. The van der Waals surface area contributed by atoms with Crippen LogP contribution in [0.1, 0.15) is 17.5 Å². The van der Waals surface area contributed by atoms with E-state index >= 15 is 0 Å². The van der Waals surface area contributed by atoms with E-state index in [-0.39, 0.29) is 35.4 Å². The second kappa shape index (κ2) is 10.5. The summed E-state index contributed by atoms with van der Waals surface area (Å²) >= 11 is 1.22. The molecular formula is C30H27N5O9S. The zero-order valence-electron chi connectivity index (χ0n) is 23.8. The van der Waals surface area contributed by atoms with Gasteiger partial charge in [-0.05, 0) is 50.6 Å². The lowest BCUT2D eigenvalue weighted by Crippen LogP contribution is -2.65. The highest BCUT2D eigenvalue weighted by atomic mass is 32.1. The summed E-state index contributed by atoms with van der Waals surface area (Å²) in [6.07, 6.45) is 0.0451. The summed E-state index contributed by atoms with van der Waals surface area (Å²) in [5.41, 5.74) is 3.27. The van der Waals surface area contributed by atoms with Gasteiger partial charge in [-0.3, -0.25) is 29.4 Å². The van der Waals surface area contributed by atoms with E-state index in [1.54, 1.807) is 23.6 Å². The highest BCUT2D eigenvalue weighted by Crippen LogP contribution is 2.53. The number of anilines is 2. The molecule has 3 aliphatic carbocycles. The maximum Gasteiger partial charge on any atom is 0.270 e. The molecule has 2 aromatic carbocycles. The van der Waals surface area contributed by atoms with Crippen LogP contribution in [0.5, 0.6) is 5.75 Å². The molecule has 3 aromatic rings. The Kier molecular flexibility index (Phi) is 6.99. The lowest BCUT2D eigenvalue weighted by Gasteiger charge is -2.50. The van der Waals surface area contributed by atoms with Gasteiger partial charge >= 0.3 is 0 Å². The Labute approximate surface area is 258 Å². The number of carbonyl (C=O) groups excluding carboxylic acids is 3. The van der Waals surface area contributed by atoms with Crippen molar-refractivity contribution in [2.45, 2.75) is 24.5 Å². The predicted molar refractivity (Wildman–Crippen MR) is 162 cm³/mol. The van der Waals surface area contributed by atoms with Crippen molar-refractivity contribution < 1.29 is 39.7 Å². The van der Waals surface area contributed by atoms with Gasteiger partial charge in [-0.1, -0.05) is 12.1 Å². The molecule has 0 radical (unpaired) electrons. The number of nitrogens with zero attached hydrogens (tertiary/aromatic N) is 3. The maximum absolute atomic E-state index is 14.0.